The number of hydrogen-bond donors (Lipinski definition) is 2. The number of nitrogens with zero attached hydrogens (tertiary/aromatic N) is 3. The van der Waals surface area contributed by atoms with E-state index in [1.165, 1.54) is 6.33 Å². The van der Waals surface area contributed by atoms with Crippen LogP contribution in [-0.4, -0.2) is 33.3 Å². The normalized spacial score (nSPS) is 18.1. The molecule has 1 atom stereocenters. The standard InChI is InChI=1S/C16H21N5O/c22-16(15-7-3-4-8-18-15)19-9-13-5-1-2-6-14(13)10-21-12-17-11-20-21/h1-2,5-6,11-12,15,18H,3-4,7-10H2,(H,19,22)/t15-/m0/s1. The highest BCUT2D eigenvalue weighted by atomic mass is 16.2. The van der Waals surface area contributed by atoms with E-state index in [1.54, 1.807) is 11.0 Å². The minimum absolute atomic E-state index is 0.0452. The molecule has 6 heteroatoms. The maximum atomic E-state index is 12.2. The van der Waals surface area contributed by atoms with Crippen LogP contribution in [0.2, 0.25) is 0 Å². The molecule has 0 unspecified atom stereocenters. The largest absolute Gasteiger partial charge is 0.351 e. The molecule has 1 aliphatic rings. The Morgan fingerprint density at radius 1 is 1.32 bits per heavy atom. The molecule has 0 saturated carbocycles. The summed E-state index contributed by atoms with van der Waals surface area (Å²) in [6, 6.07) is 8.05. The lowest BCUT2D eigenvalue weighted by atomic mass is 10.0. The lowest BCUT2D eigenvalue weighted by Gasteiger charge is -2.22. The van der Waals surface area contributed by atoms with E-state index in [9.17, 15) is 4.79 Å². The third-order valence-electron chi connectivity index (χ3n) is 4.00. The molecule has 1 aromatic heterocycles. The van der Waals surface area contributed by atoms with Crippen molar-refractivity contribution < 1.29 is 4.79 Å². The zero-order valence-electron chi connectivity index (χ0n) is 12.5. The summed E-state index contributed by atoms with van der Waals surface area (Å²) >= 11 is 0. The van der Waals surface area contributed by atoms with E-state index >= 15 is 0 Å². The average Bonchev–Trinajstić information content (AvgIpc) is 3.07. The molecule has 0 bridgehead atoms. The van der Waals surface area contributed by atoms with Crippen molar-refractivity contribution in [3.05, 3.63) is 48.0 Å². The van der Waals surface area contributed by atoms with Crippen LogP contribution in [0.5, 0.6) is 0 Å². The number of benzene rings is 1. The molecule has 2 heterocycles. The number of rotatable bonds is 5. The van der Waals surface area contributed by atoms with Crippen LogP contribution in [0, 0.1) is 0 Å². The fraction of sp³-hybridized carbons (Fsp3) is 0.438. The summed E-state index contributed by atoms with van der Waals surface area (Å²) in [4.78, 5) is 16.2. The van der Waals surface area contributed by atoms with E-state index in [-0.39, 0.29) is 11.9 Å². The van der Waals surface area contributed by atoms with Gasteiger partial charge in [-0.25, -0.2) is 9.67 Å². The van der Waals surface area contributed by atoms with Crippen LogP contribution < -0.4 is 10.6 Å². The van der Waals surface area contributed by atoms with Gasteiger partial charge in [-0.3, -0.25) is 4.79 Å². The number of nitrogens with one attached hydrogen (secondary N) is 2. The van der Waals surface area contributed by atoms with Gasteiger partial charge in [0, 0.05) is 6.54 Å². The molecule has 1 fully saturated rings. The van der Waals surface area contributed by atoms with Gasteiger partial charge in [-0.1, -0.05) is 30.7 Å². The average molecular weight is 299 g/mol. The molecule has 1 aliphatic heterocycles. The zero-order valence-corrected chi connectivity index (χ0v) is 12.5. The summed E-state index contributed by atoms with van der Waals surface area (Å²) in [5.74, 6) is 0.0928. The predicted molar refractivity (Wildman–Crippen MR) is 83.1 cm³/mol. The van der Waals surface area contributed by atoms with Gasteiger partial charge in [0.15, 0.2) is 0 Å². The van der Waals surface area contributed by atoms with Gasteiger partial charge in [0.05, 0.1) is 12.6 Å². The van der Waals surface area contributed by atoms with Crippen molar-refractivity contribution in [2.45, 2.75) is 38.4 Å². The van der Waals surface area contributed by atoms with Crippen molar-refractivity contribution in [1.82, 2.24) is 25.4 Å². The second-order valence-electron chi connectivity index (χ2n) is 5.58. The van der Waals surface area contributed by atoms with Crippen molar-refractivity contribution in [2.24, 2.45) is 0 Å². The molecule has 2 aromatic rings. The molecule has 0 aliphatic carbocycles. The summed E-state index contributed by atoms with van der Waals surface area (Å²) in [5.41, 5.74) is 2.26. The monoisotopic (exact) mass is 299 g/mol. The Morgan fingerprint density at radius 2 is 2.18 bits per heavy atom. The lowest BCUT2D eigenvalue weighted by molar-refractivity contribution is -0.123. The van der Waals surface area contributed by atoms with Gasteiger partial charge < -0.3 is 10.6 Å². The Hall–Kier alpha value is -2.21. The highest BCUT2D eigenvalue weighted by molar-refractivity contribution is 5.81. The SMILES string of the molecule is O=C(NCc1ccccc1Cn1cncn1)[C@@H]1CCCCN1. The van der Waals surface area contributed by atoms with E-state index in [0.29, 0.717) is 13.1 Å². The summed E-state index contributed by atoms with van der Waals surface area (Å²) in [6.45, 7) is 2.14. The van der Waals surface area contributed by atoms with Gasteiger partial charge in [-0.05, 0) is 30.5 Å². The molecule has 2 N–H and O–H groups in total. The first-order valence-electron chi connectivity index (χ1n) is 7.73. The van der Waals surface area contributed by atoms with Gasteiger partial charge >= 0.3 is 0 Å². The molecule has 22 heavy (non-hydrogen) atoms. The first kappa shape index (κ1) is 14.7. The molecular formula is C16H21N5O. The molecular weight excluding hydrogens is 278 g/mol. The molecule has 1 amide bonds. The first-order valence-corrected chi connectivity index (χ1v) is 7.73. The molecule has 116 valence electrons. The number of piperidine rings is 1. The second kappa shape index (κ2) is 7.17. The van der Waals surface area contributed by atoms with E-state index in [2.05, 4.69) is 26.8 Å². The maximum Gasteiger partial charge on any atom is 0.237 e. The molecule has 1 saturated heterocycles. The molecule has 0 radical (unpaired) electrons. The van der Waals surface area contributed by atoms with Crippen molar-refractivity contribution in [3.8, 4) is 0 Å². The van der Waals surface area contributed by atoms with E-state index in [1.807, 2.05) is 18.2 Å². The lowest BCUT2D eigenvalue weighted by Crippen LogP contribution is -2.46. The van der Waals surface area contributed by atoms with Gasteiger partial charge in [0.25, 0.3) is 0 Å². The van der Waals surface area contributed by atoms with Crippen molar-refractivity contribution >= 4 is 5.91 Å². The van der Waals surface area contributed by atoms with Crippen LogP contribution in [0.4, 0.5) is 0 Å². The summed E-state index contributed by atoms with van der Waals surface area (Å²) < 4.78 is 1.78. The van der Waals surface area contributed by atoms with Crippen LogP contribution >= 0.6 is 0 Å². The smallest absolute Gasteiger partial charge is 0.237 e. The molecule has 0 spiro atoms. The Kier molecular flexibility index (Phi) is 4.80. The minimum Gasteiger partial charge on any atom is -0.351 e. The summed E-state index contributed by atoms with van der Waals surface area (Å²) in [5, 5.41) is 10.4. The molecule has 6 nitrogen and oxygen atoms in total. The Labute approximate surface area is 129 Å². The third-order valence-corrected chi connectivity index (χ3v) is 4.00. The van der Waals surface area contributed by atoms with Gasteiger partial charge in [-0.2, -0.15) is 5.10 Å². The fourth-order valence-corrected chi connectivity index (χ4v) is 2.75. The topological polar surface area (TPSA) is 71.8 Å². The van der Waals surface area contributed by atoms with E-state index < -0.39 is 0 Å². The minimum atomic E-state index is -0.0452. The van der Waals surface area contributed by atoms with Crippen LogP contribution in [0.15, 0.2) is 36.9 Å². The van der Waals surface area contributed by atoms with E-state index in [4.69, 9.17) is 0 Å². The van der Waals surface area contributed by atoms with Crippen LogP contribution in [0.1, 0.15) is 30.4 Å². The summed E-state index contributed by atoms with van der Waals surface area (Å²) in [7, 11) is 0. The maximum absolute atomic E-state index is 12.2. The highest BCUT2D eigenvalue weighted by Gasteiger charge is 2.20. The fourth-order valence-electron chi connectivity index (χ4n) is 2.75. The van der Waals surface area contributed by atoms with Crippen LogP contribution in [0.3, 0.4) is 0 Å². The van der Waals surface area contributed by atoms with Crippen molar-refractivity contribution in [3.63, 3.8) is 0 Å². The van der Waals surface area contributed by atoms with Gasteiger partial charge in [0.1, 0.15) is 12.7 Å². The van der Waals surface area contributed by atoms with Crippen molar-refractivity contribution in [2.75, 3.05) is 6.54 Å². The Balaban J connectivity index is 1.61. The number of amides is 1. The van der Waals surface area contributed by atoms with Crippen LogP contribution in [-0.2, 0) is 17.9 Å². The van der Waals surface area contributed by atoms with Gasteiger partial charge in [-0.15, -0.1) is 0 Å². The Morgan fingerprint density at radius 3 is 2.91 bits per heavy atom. The van der Waals surface area contributed by atoms with Crippen molar-refractivity contribution in [1.29, 1.82) is 0 Å². The Bertz CT molecular complexity index is 605. The predicted octanol–water partition coefficient (Wildman–Crippen LogP) is 1.08. The number of carbonyl (C=O) groups excluding carboxylic acids is 1. The van der Waals surface area contributed by atoms with Crippen LogP contribution in [0.25, 0.3) is 0 Å². The first-order chi connectivity index (χ1) is 10.8. The number of carbonyl (C=O) groups is 1. The number of hydrogen-bond acceptors (Lipinski definition) is 4. The number of aromatic nitrogens is 3. The van der Waals surface area contributed by atoms with E-state index in [0.717, 1.165) is 36.9 Å². The summed E-state index contributed by atoms with van der Waals surface area (Å²) in [6.07, 6.45) is 6.42. The molecule has 1 aromatic carbocycles. The second-order valence-corrected chi connectivity index (χ2v) is 5.58. The highest BCUT2D eigenvalue weighted by Crippen LogP contribution is 2.11. The zero-order chi connectivity index (χ0) is 15.2. The molecule has 3 rings (SSSR count). The van der Waals surface area contributed by atoms with Gasteiger partial charge in [0.2, 0.25) is 5.91 Å². The third kappa shape index (κ3) is 3.71. The quantitative estimate of drug-likeness (QED) is 0.867.